The SMILES string of the molecule is Cc1cc(C(=O)C[C@](C[N+](=O)[O-])(c2cc(Cl)cc(Cl)c2)C(F)(F)F)ccc1C(=O)O. The molecule has 0 aliphatic rings. The minimum Gasteiger partial charge on any atom is -0.478 e. The zero-order valence-electron chi connectivity index (χ0n) is 15.3. The maximum Gasteiger partial charge on any atom is 0.405 e. The van der Waals surface area contributed by atoms with E-state index in [1.165, 1.54) is 6.92 Å². The molecule has 0 bridgehead atoms. The zero-order valence-corrected chi connectivity index (χ0v) is 16.8. The number of aryl methyl sites for hydroxylation is 1. The first-order chi connectivity index (χ1) is 13.8. The molecule has 6 nitrogen and oxygen atoms in total. The third-order valence-electron chi connectivity index (χ3n) is 4.60. The minimum absolute atomic E-state index is 0.124. The van der Waals surface area contributed by atoms with E-state index in [0.717, 1.165) is 36.4 Å². The minimum atomic E-state index is -5.19. The van der Waals surface area contributed by atoms with Crippen LogP contribution in [0.5, 0.6) is 0 Å². The standard InChI is InChI=1S/C19H14Cl2F3NO5/c1-10-4-11(2-3-15(10)17(27)28)16(26)8-18(9-25(29)30,19(22,23)24)12-5-13(20)7-14(21)6-12/h2-7H,8-9H2,1H3,(H,27,28)/t18-/m0/s1. The van der Waals surface area contributed by atoms with Crippen molar-refractivity contribution >= 4 is 35.0 Å². The Bertz CT molecular complexity index is 1010. The molecule has 0 amide bonds. The molecule has 2 aromatic carbocycles. The number of carboxylic acids is 1. The Hall–Kier alpha value is -2.65. The molecule has 0 saturated heterocycles. The van der Waals surface area contributed by atoms with E-state index >= 15 is 0 Å². The lowest BCUT2D eigenvalue weighted by molar-refractivity contribution is -0.501. The molecular formula is C19H14Cl2F3NO5. The van der Waals surface area contributed by atoms with Crippen molar-refractivity contribution in [3.8, 4) is 0 Å². The Balaban J connectivity index is 2.62. The number of halogens is 5. The van der Waals surface area contributed by atoms with Crippen molar-refractivity contribution < 1.29 is 32.8 Å². The van der Waals surface area contributed by atoms with Crippen LogP contribution in [0, 0.1) is 17.0 Å². The molecule has 0 aliphatic carbocycles. The van der Waals surface area contributed by atoms with Crippen molar-refractivity contribution in [3.05, 3.63) is 78.8 Å². The number of Topliss-reactive ketones (excluding diaryl/α,β-unsaturated/α-hetero) is 1. The summed E-state index contributed by atoms with van der Waals surface area (Å²) in [7, 11) is 0. The number of aromatic carboxylic acids is 1. The lowest BCUT2D eigenvalue weighted by Crippen LogP contribution is -2.49. The molecule has 0 unspecified atom stereocenters. The third kappa shape index (κ3) is 4.91. The van der Waals surface area contributed by atoms with Gasteiger partial charge in [0.15, 0.2) is 11.2 Å². The number of carbonyl (C=O) groups excluding carboxylic acids is 1. The second-order valence-corrected chi connectivity index (χ2v) is 7.54. The summed E-state index contributed by atoms with van der Waals surface area (Å²) in [5.74, 6) is -2.32. The number of carbonyl (C=O) groups is 2. The van der Waals surface area contributed by atoms with Crippen molar-refractivity contribution in [2.75, 3.05) is 6.54 Å². The summed E-state index contributed by atoms with van der Waals surface area (Å²) in [5, 5.41) is 19.9. The van der Waals surface area contributed by atoms with Gasteiger partial charge in [0.1, 0.15) is 0 Å². The van der Waals surface area contributed by atoms with Gasteiger partial charge in [-0.15, -0.1) is 0 Å². The first-order valence-corrected chi connectivity index (χ1v) is 9.04. The maximum absolute atomic E-state index is 14.2. The number of rotatable bonds is 7. The molecule has 0 aromatic heterocycles. The van der Waals surface area contributed by atoms with Crippen LogP contribution in [0.25, 0.3) is 0 Å². The van der Waals surface area contributed by atoms with E-state index in [4.69, 9.17) is 28.3 Å². The van der Waals surface area contributed by atoms with Gasteiger partial charge in [0.25, 0.3) is 0 Å². The van der Waals surface area contributed by atoms with Crippen LogP contribution in [0.15, 0.2) is 36.4 Å². The first kappa shape index (κ1) is 23.6. The fraction of sp³-hybridized carbons (Fsp3) is 0.263. The van der Waals surface area contributed by atoms with E-state index in [9.17, 15) is 32.9 Å². The third-order valence-corrected chi connectivity index (χ3v) is 5.03. The summed E-state index contributed by atoms with van der Waals surface area (Å²) in [5.41, 5.74) is -3.98. The largest absolute Gasteiger partial charge is 0.478 e. The molecule has 0 spiro atoms. The van der Waals surface area contributed by atoms with E-state index in [1.54, 1.807) is 0 Å². The highest BCUT2D eigenvalue weighted by Gasteiger charge is 2.60. The molecule has 1 atom stereocenters. The van der Waals surface area contributed by atoms with Gasteiger partial charge in [0.2, 0.25) is 6.54 Å². The van der Waals surface area contributed by atoms with E-state index in [-0.39, 0.29) is 26.7 Å². The summed E-state index contributed by atoms with van der Waals surface area (Å²) in [4.78, 5) is 33.8. The van der Waals surface area contributed by atoms with Gasteiger partial charge in [-0.05, 0) is 48.4 Å². The van der Waals surface area contributed by atoms with Crippen molar-refractivity contribution in [1.29, 1.82) is 0 Å². The lowest BCUT2D eigenvalue weighted by atomic mass is 9.74. The van der Waals surface area contributed by atoms with Crippen LogP contribution in [0.2, 0.25) is 10.0 Å². The fourth-order valence-corrected chi connectivity index (χ4v) is 3.63. The van der Waals surface area contributed by atoms with Gasteiger partial charge in [-0.1, -0.05) is 29.3 Å². The van der Waals surface area contributed by atoms with Crippen molar-refractivity contribution in [2.45, 2.75) is 24.9 Å². The number of nitrogens with zero attached hydrogens (tertiary/aromatic N) is 1. The van der Waals surface area contributed by atoms with Crippen LogP contribution in [0.4, 0.5) is 13.2 Å². The second-order valence-electron chi connectivity index (χ2n) is 6.66. The van der Waals surface area contributed by atoms with Gasteiger partial charge < -0.3 is 5.11 Å². The highest BCUT2D eigenvalue weighted by atomic mass is 35.5. The van der Waals surface area contributed by atoms with E-state index in [1.807, 2.05) is 0 Å². The topological polar surface area (TPSA) is 97.5 Å². The van der Waals surface area contributed by atoms with Crippen molar-refractivity contribution in [3.63, 3.8) is 0 Å². The molecule has 2 rings (SSSR count). The molecule has 1 N–H and O–H groups in total. The summed E-state index contributed by atoms with van der Waals surface area (Å²) in [6.07, 6.45) is -6.49. The Morgan fingerprint density at radius 2 is 1.67 bits per heavy atom. The van der Waals surface area contributed by atoms with E-state index in [0.29, 0.717) is 0 Å². The van der Waals surface area contributed by atoms with Gasteiger partial charge in [-0.2, -0.15) is 13.2 Å². The van der Waals surface area contributed by atoms with Crippen molar-refractivity contribution in [1.82, 2.24) is 0 Å². The predicted molar refractivity (Wildman–Crippen MR) is 103 cm³/mol. The lowest BCUT2D eigenvalue weighted by Gasteiger charge is -2.32. The summed E-state index contributed by atoms with van der Waals surface area (Å²) in [6.45, 7) is -0.240. The van der Waals surface area contributed by atoms with Gasteiger partial charge in [0, 0.05) is 27.0 Å². The highest BCUT2D eigenvalue weighted by molar-refractivity contribution is 6.34. The highest BCUT2D eigenvalue weighted by Crippen LogP contribution is 2.46. The molecule has 30 heavy (non-hydrogen) atoms. The Kier molecular flexibility index (Phi) is 6.78. The first-order valence-electron chi connectivity index (χ1n) is 8.29. The normalized spacial score (nSPS) is 13.5. The Morgan fingerprint density at radius 3 is 2.10 bits per heavy atom. The Labute approximate surface area is 178 Å². The van der Waals surface area contributed by atoms with Crippen molar-refractivity contribution in [2.24, 2.45) is 0 Å². The maximum atomic E-state index is 14.2. The van der Waals surface area contributed by atoms with E-state index < -0.39 is 46.8 Å². The van der Waals surface area contributed by atoms with Gasteiger partial charge >= 0.3 is 12.1 Å². The molecule has 160 valence electrons. The monoisotopic (exact) mass is 463 g/mol. The number of alkyl halides is 3. The summed E-state index contributed by atoms with van der Waals surface area (Å²) >= 11 is 11.6. The van der Waals surface area contributed by atoms with Gasteiger partial charge in [0.05, 0.1) is 5.56 Å². The summed E-state index contributed by atoms with van der Waals surface area (Å²) < 4.78 is 42.6. The van der Waals surface area contributed by atoms with Crippen LogP contribution in [0.3, 0.4) is 0 Å². The van der Waals surface area contributed by atoms with E-state index in [2.05, 4.69) is 0 Å². The molecule has 0 saturated carbocycles. The predicted octanol–water partition coefficient (Wildman–Crippen LogP) is 5.35. The quantitative estimate of drug-likeness (QED) is 0.339. The molecular weight excluding hydrogens is 450 g/mol. The Morgan fingerprint density at radius 1 is 1.10 bits per heavy atom. The molecule has 11 heteroatoms. The zero-order chi connectivity index (χ0) is 22.9. The number of ketones is 1. The average molecular weight is 464 g/mol. The van der Waals surface area contributed by atoms with Crippen LogP contribution >= 0.6 is 23.2 Å². The number of hydrogen-bond donors (Lipinski definition) is 1. The smallest absolute Gasteiger partial charge is 0.405 e. The van der Waals surface area contributed by atoms with Crippen LogP contribution in [-0.4, -0.2) is 34.5 Å². The van der Waals surface area contributed by atoms with Crippen LogP contribution in [0.1, 0.15) is 38.3 Å². The molecule has 2 aromatic rings. The van der Waals surface area contributed by atoms with Crippen LogP contribution < -0.4 is 0 Å². The van der Waals surface area contributed by atoms with Gasteiger partial charge in [-0.25, -0.2) is 4.79 Å². The molecule has 0 heterocycles. The molecule has 0 aliphatic heterocycles. The number of carboxylic acid groups (broad SMARTS) is 1. The fourth-order valence-electron chi connectivity index (χ4n) is 3.11. The molecule has 0 radical (unpaired) electrons. The van der Waals surface area contributed by atoms with Crippen LogP contribution in [-0.2, 0) is 5.41 Å². The van der Waals surface area contributed by atoms with Gasteiger partial charge in [-0.3, -0.25) is 14.9 Å². The summed E-state index contributed by atoms with van der Waals surface area (Å²) in [6, 6.07) is 6.22. The number of benzene rings is 2. The average Bonchev–Trinajstić information content (AvgIpc) is 2.58. The molecule has 0 fully saturated rings. The number of hydrogen-bond acceptors (Lipinski definition) is 4. The second kappa shape index (κ2) is 8.61. The number of nitro groups is 1.